The first-order valence-corrected chi connectivity index (χ1v) is 9.90. The van der Waals surface area contributed by atoms with Gasteiger partial charge in [0, 0.05) is 10.4 Å². The molecule has 4 aromatic rings. The van der Waals surface area contributed by atoms with Crippen molar-refractivity contribution >= 4 is 22.5 Å². The molecular formula is C23H17ClF4N2O2. The quantitative estimate of drug-likeness (QED) is 0.371. The monoisotopic (exact) mass is 464 g/mol. The van der Waals surface area contributed by atoms with Crippen LogP contribution in [-0.2, 0) is 5.60 Å². The first-order chi connectivity index (χ1) is 15.1. The third-order valence-corrected chi connectivity index (χ3v) is 5.34. The van der Waals surface area contributed by atoms with Crippen molar-refractivity contribution in [2.75, 3.05) is 6.61 Å². The fraction of sp³-hybridized carbons (Fsp3) is 0.174. The van der Waals surface area contributed by atoms with Gasteiger partial charge in [-0.3, -0.25) is 0 Å². The second-order valence-corrected chi connectivity index (χ2v) is 7.75. The van der Waals surface area contributed by atoms with E-state index in [-0.39, 0.29) is 16.2 Å². The SMILES string of the molecule is Cc1ccc(Cl)cc1OCC(O)(c1nn(-c2ccc(F)cc2)c2ccccc12)C(F)(F)F. The Morgan fingerprint density at radius 1 is 1.03 bits per heavy atom. The second-order valence-electron chi connectivity index (χ2n) is 7.31. The number of rotatable bonds is 5. The van der Waals surface area contributed by atoms with Crippen LogP contribution in [0.25, 0.3) is 16.6 Å². The van der Waals surface area contributed by atoms with Gasteiger partial charge in [-0.05, 0) is 55.0 Å². The minimum atomic E-state index is -5.11. The first kappa shape index (κ1) is 22.1. The van der Waals surface area contributed by atoms with Crippen LogP contribution in [0.4, 0.5) is 17.6 Å². The van der Waals surface area contributed by atoms with Gasteiger partial charge in [0.2, 0.25) is 5.60 Å². The van der Waals surface area contributed by atoms with Crippen molar-refractivity contribution in [3.63, 3.8) is 0 Å². The Morgan fingerprint density at radius 3 is 2.41 bits per heavy atom. The van der Waals surface area contributed by atoms with Crippen molar-refractivity contribution in [3.8, 4) is 11.4 Å². The molecule has 0 bridgehead atoms. The Labute approximate surface area is 185 Å². The number of aliphatic hydroxyl groups is 1. The molecule has 1 aromatic heterocycles. The van der Waals surface area contributed by atoms with Gasteiger partial charge in [-0.15, -0.1) is 0 Å². The van der Waals surface area contributed by atoms with Crippen molar-refractivity contribution in [2.45, 2.75) is 18.7 Å². The van der Waals surface area contributed by atoms with Gasteiger partial charge in [0.05, 0.1) is 11.2 Å². The number of benzene rings is 3. The molecule has 0 fully saturated rings. The smallest absolute Gasteiger partial charge is 0.426 e. The molecule has 32 heavy (non-hydrogen) atoms. The molecule has 1 atom stereocenters. The summed E-state index contributed by atoms with van der Waals surface area (Å²) >= 11 is 5.93. The van der Waals surface area contributed by atoms with E-state index in [1.807, 2.05) is 0 Å². The molecule has 9 heteroatoms. The summed E-state index contributed by atoms with van der Waals surface area (Å²) in [5.74, 6) is -0.384. The third kappa shape index (κ3) is 3.91. The fourth-order valence-corrected chi connectivity index (χ4v) is 3.51. The van der Waals surface area contributed by atoms with Crippen molar-refractivity contribution in [1.29, 1.82) is 0 Å². The molecule has 0 aliphatic heterocycles. The number of ether oxygens (including phenoxy) is 1. The zero-order valence-corrected chi connectivity index (χ0v) is 17.5. The van der Waals surface area contributed by atoms with E-state index >= 15 is 0 Å². The highest BCUT2D eigenvalue weighted by Gasteiger charge is 2.58. The molecule has 0 saturated heterocycles. The average molecular weight is 465 g/mol. The molecule has 0 amide bonds. The summed E-state index contributed by atoms with van der Waals surface area (Å²) in [7, 11) is 0. The number of fused-ring (bicyclic) bond motifs is 1. The normalized spacial score (nSPS) is 13.8. The van der Waals surface area contributed by atoms with Gasteiger partial charge in [0.15, 0.2) is 0 Å². The maximum atomic E-state index is 14.2. The van der Waals surface area contributed by atoms with E-state index in [2.05, 4.69) is 5.10 Å². The predicted molar refractivity (Wildman–Crippen MR) is 113 cm³/mol. The summed E-state index contributed by atoms with van der Waals surface area (Å²) in [6, 6.07) is 15.8. The number of aromatic nitrogens is 2. The molecule has 0 aliphatic rings. The summed E-state index contributed by atoms with van der Waals surface area (Å²) in [5.41, 5.74) is -2.84. The van der Waals surface area contributed by atoms with Crippen LogP contribution < -0.4 is 4.74 Å². The zero-order chi connectivity index (χ0) is 23.1. The number of aryl methyl sites for hydroxylation is 1. The highest BCUT2D eigenvalue weighted by Crippen LogP contribution is 2.42. The molecule has 1 unspecified atom stereocenters. The summed E-state index contributed by atoms with van der Waals surface area (Å²) in [5, 5.41) is 15.4. The van der Waals surface area contributed by atoms with Crippen LogP contribution in [0.5, 0.6) is 5.75 Å². The number of alkyl halides is 3. The molecule has 1 N–H and O–H groups in total. The number of halogens is 5. The number of hydrogen-bond acceptors (Lipinski definition) is 3. The van der Waals surface area contributed by atoms with Crippen LogP contribution >= 0.6 is 11.6 Å². The van der Waals surface area contributed by atoms with E-state index in [1.165, 1.54) is 41.1 Å². The number of nitrogens with zero attached hydrogens (tertiary/aromatic N) is 2. The summed E-state index contributed by atoms with van der Waals surface area (Å²) in [6.07, 6.45) is -5.11. The molecule has 1 heterocycles. The van der Waals surface area contributed by atoms with Gasteiger partial charge in [-0.25, -0.2) is 9.07 Å². The molecule has 0 aliphatic carbocycles. The Balaban J connectivity index is 1.84. The molecule has 0 spiro atoms. The first-order valence-electron chi connectivity index (χ1n) is 9.52. The summed E-state index contributed by atoms with van der Waals surface area (Å²) in [4.78, 5) is 0. The standard InChI is InChI=1S/C23H17ClF4N2O2/c1-14-6-7-15(24)12-20(14)32-13-22(31,23(26,27)28)21-18-4-2-3-5-19(18)30(29-21)17-10-8-16(25)9-11-17/h2-12,31H,13H2,1H3. The molecule has 0 saturated carbocycles. The van der Waals surface area contributed by atoms with Gasteiger partial charge in [-0.2, -0.15) is 18.3 Å². The maximum absolute atomic E-state index is 14.2. The molecule has 3 aromatic carbocycles. The van der Waals surface area contributed by atoms with Crippen LogP contribution in [0, 0.1) is 12.7 Å². The minimum absolute atomic E-state index is 0.0862. The number of para-hydroxylation sites is 1. The van der Waals surface area contributed by atoms with Gasteiger partial charge in [-0.1, -0.05) is 35.9 Å². The Bertz CT molecular complexity index is 1270. The lowest BCUT2D eigenvalue weighted by Gasteiger charge is -2.29. The number of hydrogen-bond donors (Lipinski definition) is 1. The van der Waals surface area contributed by atoms with E-state index < -0.39 is 29.9 Å². The summed E-state index contributed by atoms with van der Waals surface area (Å²) < 4.78 is 62.6. The van der Waals surface area contributed by atoms with Crippen LogP contribution in [-0.4, -0.2) is 27.7 Å². The maximum Gasteiger partial charge on any atom is 0.426 e. The highest BCUT2D eigenvalue weighted by molar-refractivity contribution is 6.30. The third-order valence-electron chi connectivity index (χ3n) is 5.11. The van der Waals surface area contributed by atoms with Crippen molar-refractivity contribution in [3.05, 3.63) is 88.8 Å². The van der Waals surface area contributed by atoms with Gasteiger partial charge >= 0.3 is 6.18 Å². The van der Waals surface area contributed by atoms with Crippen LogP contribution in [0.15, 0.2) is 66.7 Å². The van der Waals surface area contributed by atoms with Gasteiger partial charge in [0.25, 0.3) is 0 Å². The lowest BCUT2D eigenvalue weighted by atomic mass is 9.97. The largest absolute Gasteiger partial charge is 0.489 e. The van der Waals surface area contributed by atoms with Gasteiger partial charge < -0.3 is 9.84 Å². The van der Waals surface area contributed by atoms with E-state index in [0.717, 1.165) is 0 Å². The molecule has 166 valence electrons. The lowest BCUT2D eigenvalue weighted by molar-refractivity contribution is -0.276. The van der Waals surface area contributed by atoms with Gasteiger partial charge in [0.1, 0.15) is 23.9 Å². The van der Waals surface area contributed by atoms with Crippen LogP contribution in [0.3, 0.4) is 0 Å². The second kappa shape index (κ2) is 8.11. The van der Waals surface area contributed by atoms with E-state index in [9.17, 15) is 22.7 Å². The zero-order valence-electron chi connectivity index (χ0n) is 16.7. The topological polar surface area (TPSA) is 47.3 Å². The van der Waals surface area contributed by atoms with E-state index in [4.69, 9.17) is 16.3 Å². The summed E-state index contributed by atoms with van der Waals surface area (Å²) in [6.45, 7) is 0.513. The van der Waals surface area contributed by atoms with Crippen molar-refractivity contribution in [1.82, 2.24) is 9.78 Å². The Kier molecular flexibility index (Phi) is 5.60. The fourth-order valence-electron chi connectivity index (χ4n) is 3.35. The lowest BCUT2D eigenvalue weighted by Crippen LogP contribution is -2.47. The Hall–Kier alpha value is -3.10. The molecule has 4 rings (SSSR count). The van der Waals surface area contributed by atoms with E-state index in [1.54, 1.807) is 37.3 Å². The predicted octanol–water partition coefficient (Wildman–Crippen LogP) is 5.96. The van der Waals surface area contributed by atoms with Crippen LogP contribution in [0.1, 0.15) is 11.3 Å². The molecule has 0 radical (unpaired) electrons. The molecular weight excluding hydrogens is 448 g/mol. The highest BCUT2D eigenvalue weighted by atomic mass is 35.5. The van der Waals surface area contributed by atoms with E-state index in [0.29, 0.717) is 16.8 Å². The average Bonchev–Trinajstić information content (AvgIpc) is 3.14. The van der Waals surface area contributed by atoms with Crippen LogP contribution in [0.2, 0.25) is 5.02 Å². The van der Waals surface area contributed by atoms with Crippen molar-refractivity contribution < 1.29 is 27.4 Å². The van der Waals surface area contributed by atoms with Crippen molar-refractivity contribution in [2.24, 2.45) is 0 Å². The molecule has 4 nitrogen and oxygen atoms in total. The Morgan fingerprint density at radius 2 is 1.72 bits per heavy atom. The minimum Gasteiger partial charge on any atom is -0.489 e.